The Hall–Kier alpha value is -2.28. The van der Waals surface area contributed by atoms with Crippen LogP contribution in [-0.4, -0.2) is 21.1 Å². The lowest BCUT2D eigenvalue weighted by Crippen LogP contribution is -2.25. The van der Waals surface area contributed by atoms with E-state index in [0.29, 0.717) is 5.56 Å². The molecule has 0 fully saturated rings. The first kappa shape index (κ1) is 14.6. The molecule has 0 spiro atoms. The fourth-order valence-corrected chi connectivity index (χ4v) is 3.24. The average Bonchev–Trinajstić information content (AvgIpc) is 2.95. The molecule has 3 aromatic rings. The Labute approximate surface area is 128 Å². The Bertz CT molecular complexity index is 902. The molecule has 0 aliphatic carbocycles. The van der Waals surface area contributed by atoms with Gasteiger partial charge in [-0.2, -0.15) is 0 Å². The zero-order valence-electron chi connectivity index (χ0n) is 11.6. The number of benzene rings is 1. The van der Waals surface area contributed by atoms with Gasteiger partial charge in [-0.05, 0) is 18.1 Å². The number of hydrogen-bond donors (Lipinski definition) is 1. The minimum Gasteiger partial charge on any atom is -0.505 e. The molecule has 0 saturated carbocycles. The summed E-state index contributed by atoms with van der Waals surface area (Å²) in [6.45, 7) is 1.06. The molecule has 2 heterocycles. The Balaban J connectivity index is 2.40. The summed E-state index contributed by atoms with van der Waals surface area (Å²) in [6.07, 6.45) is -2.67. The van der Waals surface area contributed by atoms with Gasteiger partial charge in [0.2, 0.25) is 0 Å². The van der Waals surface area contributed by atoms with Gasteiger partial charge in [-0.1, -0.05) is 24.3 Å². The standard InChI is InChI=1S/C15H12F2N2O2S/c1-8-4-2-3-5-9(8)11-13(20)12-15(22-7-18-12)19(14(11)21)6-10(16)17/h2-5,7,10,20H,6H2,1H3. The van der Waals surface area contributed by atoms with Gasteiger partial charge in [0, 0.05) is 0 Å². The molecule has 2 aromatic heterocycles. The highest BCUT2D eigenvalue weighted by Gasteiger charge is 2.22. The van der Waals surface area contributed by atoms with Gasteiger partial charge in [-0.3, -0.25) is 9.36 Å². The maximum atomic E-state index is 12.8. The van der Waals surface area contributed by atoms with Crippen LogP contribution in [0.4, 0.5) is 8.78 Å². The molecule has 0 aliphatic heterocycles. The van der Waals surface area contributed by atoms with Crippen LogP contribution < -0.4 is 5.56 Å². The molecule has 0 atom stereocenters. The molecule has 0 bridgehead atoms. The number of alkyl halides is 2. The van der Waals surface area contributed by atoms with Gasteiger partial charge in [-0.25, -0.2) is 13.8 Å². The van der Waals surface area contributed by atoms with E-state index in [4.69, 9.17) is 0 Å². The predicted molar refractivity (Wildman–Crippen MR) is 81.7 cm³/mol. The lowest BCUT2D eigenvalue weighted by atomic mass is 10.0. The number of aryl methyl sites for hydroxylation is 1. The largest absolute Gasteiger partial charge is 0.505 e. The molecule has 114 valence electrons. The molecule has 0 saturated heterocycles. The van der Waals surface area contributed by atoms with Crippen LogP contribution >= 0.6 is 11.3 Å². The van der Waals surface area contributed by atoms with E-state index in [-0.39, 0.29) is 21.7 Å². The maximum Gasteiger partial charge on any atom is 0.263 e. The third-order valence-corrected chi connectivity index (χ3v) is 4.30. The number of fused-ring (bicyclic) bond motifs is 1. The normalized spacial score (nSPS) is 11.5. The van der Waals surface area contributed by atoms with Gasteiger partial charge in [0.15, 0.2) is 5.75 Å². The zero-order valence-corrected chi connectivity index (χ0v) is 12.4. The summed E-state index contributed by atoms with van der Waals surface area (Å²) >= 11 is 1.05. The van der Waals surface area contributed by atoms with Crippen LogP contribution in [0.2, 0.25) is 0 Å². The van der Waals surface area contributed by atoms with Gasteiger partial charge in [0.1, 0.15) is 10.3 Å². The molecule has 0 aliphatic rings. The first-order valence-corrected chi connectivity index (χ1v) is 7.41. The van der Waals surface area contributed by atoms with Crippen molar-refractivity contribution in [3.63, 3.8) is 0 Å². The molecule has 0 amide bonds. The fraction of sp³-hybridized carbons (Fsp3) is 0.200. The summed E-state index contributed by atoms with van der Waals surface area (Å²) in [5.74, 6) is -0.263. The van der Waals surface area contributed by atoms with E-state index in [1.807, 2.05) is 0 Å². The van der Waals surface area contributed by atoms with Crippen molar-refractivity contribution in [1.82, 2.24) is 9.55 Å². The molecule has 0 radical (unpaired) electrons. The number of rotatable bonds is 3. The highest BCUT2D eigenvalue weighted by Crippen LogP contribution is 2.35. The van der Waals surface area contributed by atoms with Crippen molar-refractivity contribution >= 4 is 21.7 Å². The minimum absolute atomic E-state index is 0.0113. The van der Waals surface area contributed by atoms with Gasteiger partial charge >= 0.3 is 0 Å². The molecule has 4 nitrogen and oxygen atoms in total. The second kappa shape index (κ2) is 5.49. The second-order valence-electron chi connectivity index (χ2n) is 4.85. The van der Waals surface area contributed by atoms with Crippen molar-refractivity contribution in [3.8, 4) is 16.9 Å². The molecule has 22 heavy (non-hydrogen) atoms. The van der Waals surface area contributed by atoms with E-state index in [0.717, 1.165) is 21.5 Å². The minimum atomic E-state index is -2.67. The van der Waals surface area contributed by atoms with Crippen molar-refractivity contribution < 1.29 is 13.9 Å². The van der Waals surface area contributed by atoms with E-state index in [9.17, 15) is 18.7 Å². The van der Waals surface area contributed by atoms with Gasteiger partial charge in [0.05, 0.1) is 17.6 Å². The number of nitrogens with zero attached hydrogens (tertiary/aromatic N) is 2. The number of pyridine rings is 1. The van der Waals surface area contributed by atoms with Crippen LogP contribution in [0, 0.1) is 6.92 Å². The van der Waals surface area contributed by atoms with Crippen molar-refractivity contribution in [1.29, 1.82) is 0 Å². The molecule has 1 aromatic carbocycles. The van der Waals surface area contributed by atoms with E-state index in [2.05, 4.69) is 4.98 Å². The first-order chi connectivity index (χ1) is 10.5. The number of halogens is 2. The summed E-state index contributed by atoms with van der Waals surface area (Å²) in [5.41, 5.74) is 2.26. The Morgan fingerprint density at radius 1 is 1.36 bits per heavy atom. The fourth-order valence-electron chi connectivity index (χ4n) is 2.44. The van der Waals surface area contributed by atoms with Crippen molar-refractivity contribution in [2.75, 3.05) is 0 Å². The smallest absolute Gasteiger partial charge is 0.263 e. The maximum absolute atomic E-state index is 12.8. The van der Waals surface area contributed by atoms with E-state index in [1.165, 1.54) is 5.51 Å². The number of hydrogen-bond acceptors (Lipinski definition) is 4. The SMILES string of the molecule is Cc1ccccc1-c1c(O)c2ncsc2n(CC(F)F)c1=O. The monoisotopic (exact) mass is 322 g/mol. The number of thiazole rings is 1. The molecular formula is C15H12F2N2O2S. The van der Waals surface area contributed by atoms with Gasteiger partial charge < -0.3 is 5.11 Å². The Morgan fingerprint density at radius 2 is 2.09 bits per heavy atom. The molecular weight excluding hydrogens is 310 g/mol. The zero-order chi connectivity index (χ0) is 15.9. The lowest BCUT2D eigenvalue weighted by molar-refractivity contribution is 0.127. The van der Waals surface area contributed by atoms with Crippen LogP contribution in [0.5, 0.6) is 5.75 Å². The quantitative estimate of drug-likeness (QED) is 0.804. The predicted octanol–water partition coefficient (Wildman–Crippen LogP) is 3.40. The molecule has 7 heteroatoms. The summed E-state index contributed by atoms with van der Waals surface area (Å²) in [4.78, 5) is 16.9. The third-order valence-electron chi connectivity index (χ3n) is 3.45. The van der Waals surface area contributed by atoms with Gasteiger partial charge in [0.25, 0.3) is 12.0 Å². The van der Waals surface area contributed by atoms with Crippen LogP contribution in [0.25, 0.3) is 21.5 Å². The van der Waals surface area contributed by atoms with E-state index < -0.39 is 18.5 Å². The first-order valence-electron chi connectivity index (χ1n) is 6.53. The third kappa shape index (κ3) is 2.27. The Morgan fingerprint density at radius 3 is 2.77 bits per heavy atom. The van der Waals surface area contributed by atoms with Crippen molar-refractivity contribution in [2.45, 2.75) is 19.9 Å². The van der Waals surface area contributed by atoms with E-state index >= 15 is 0 Å². The van der Waals surface area contributed by atoms with Crippen LogP contribution in [0.1, 0.15) is 5.56 Å². The Kier molecular flexibility index (Phi) is 3.66. The summed E-state index contributed by atoms with van der Waals surface area (Å²) in [5, 5.41) is 10.4. The van der Waals surface area contributed by atoms with Crippen LogP contribution in [0.15, 0.2) is 34.6 Å². The van der Waals surface area contributed by atoms with Crippen molar-refractivity contribution in [3.05, 3.63) is 45.7 Å². The van der Waals surface area contributed by atoms with Crippen LogP contribution in [-0.2, 0) is 6.54 Å². The second-order valence-corrected chi connectivity index (χ2v) is 5.68. The van der Waals surface area contributed by atoms with Gasteiger partial charge in [-0.15, -0.1) is 11.3 Å². The van der Waals surface area contributed by atoms with E-state index in [1.54, 1.807) is 31.2 Å². The lowest BCUT2D eigenvalue weighted by Gasteiger charge is -2.13. The van der Waals surface area contributed by atoms with Crippen molar-refractivity contribution in [2.24, 2.45) is 0 Å². The number of aromatic hydroxyl groups is 1. The number of aromatic nitrogens is 2. The molecule has 1 N–H and O–H groups in total. The summed E-state index contributed by atoms with van der Waals surface area (Å²) in [6, 6.07) is 6.99. The average molecular weight is 322 g/mol. The summed E-state index contributed by atoms with van der Waals surface area (Å²) < 4.78 is 26.6. The topological polar surface area (TPSA) is 55.1 Å². The van der Waals surface area contributed by atoms with Crippen LogP contribution in [0.3, 0.4) is 0 Å². The summed E-state index contributed by atoms with van der Waals surface area (Å²) in [7, 11) is 0. The molecule has 0 unspecified atom stereocenters. The molecule has 3 rings (SSSR count). The highest BCUT2D eigenvalue weighted by atomic mass is 32.1. The highest BCUT2D eigenvalue weighted by molar-refractivity contribution is 7.16.